The number of nitro groups is 1. The van der Waals surface area contributed by atoms with Gasteiger partial charge in [0.25, 0.3) is 11.2 Å². The van der Waals surface area contributed by atoms with Crippen LogP contribution in [0.4, 0.5) is 15.8 Å². The monoisotopic (exact) mass is 376 g/mol. The van der Waals surface area contributed by atoms with Crippen molar-refractivity contribution in [2.75, 3.05) is 5.32 Å². The molecule has 0 fully saturated rings. The summed E-state index contributed by atoms with van der Waals surface area (Å²) in [5.41, 5.74) is -0.533. The predicted molar refractivity (Wildman–Crippen MR) is 92.7 cm³/mol. The average Bonchev–Trinajstić information content (AvgIpc) is 2.59. The lowest BCUT2D eigenvalue weighted by molar-refractivity contribution is -0.384. The zero-order chi connectivity index (χ0) is 18.8. The van der Waals surface area contributed by atoms with Gasteiger partial charge in [-0.1, -0.05) is 11.6 Å². The summed E-state index contributed by atoms with van der Waals surface area (Å²) in [6.45, 7) is -0.391. The molecule has 0 saturated carbocycles. The number of fused-ring (bicyclic) bond motifs is 1. The molecule has 26 heavy (non-hydrogen) atoms. The van der Waals surface area contributed by atoms with E-state index in [0.717, 1.165) is 29.1 Å². The highest BCUT2D eigenvalue weighted by atomic mass is 35.5. The van der Waals surface area contributed by atoms with Crippen molar-refractivity contribution in [3.8, 4) is 0 Å². The molecule has 2 aromatic carbocycles. The van der Waals surface area contributed by atoms with Crippen molar-refractivity contribution in [3.05, 3.63) is 74.0 Å². The van der Waals surface area contributed by atoms with Crippen molar-refractivity contribution in [2.24, 2.45) is 0 Å². The predicted octanol–water partition coefficient (Wildman–Crippen LogP) is 2.74. The molecule has 0 aliphatic carbocycles. The minimum atomic E-state index is -0.627. The Kier molecular flexibility index (Phi) is 4.63. The van der Waals surface area contributed by atoms with E-state index in [-0.39, 0.29) is 27.3 Å². The summed E-state index contributed by atoms with van der Waals surface area (Å²) in [7, 11) is 0. The van der Waals surface area contributed by atoms with Crippen LogP contribution in [0.15, 0.2) is 47.5 Å². The van der Waals surface area contributed by atoms with Gasteiger partial charge in [-0.15, -0.1) is 0 Å². The Morgan fingerprint density at radius 3 is 2.81 bits per heavy atom. The SMILES string of the molecule is O=C(Cn1cnc2cc(F)ccc2c1=O)Nc1cc([N+](=O)[O-])ccc1Cl. The average molecular weight is 377 g/mol. The Bertz CT molecular complexity index is 1100. The quantitative estimate of drug-likeness (QED) is 0.556. The van der Waals surface area contributed by atoms with Crippen LogP contribution in [-0.4, -0.2) is 20.4 Å². The van der Waals surface area contributed by atoms with E-state index in [0.29, 0.717) is 0 Å². The topological polar surface area (TPSA) is 107 Å². The number of anilines is 1. The van der Waals surface area contributed by atoms with E-state index in [1.54, 1.807) is 0 Å². The third-order valence-corrected chi connectivity index (χ3v) is 3.87. The molecule has 1 amide bonds. The molecule has 0 aliphatic heterocycles. The number of non-ortho nitro benzene ring substituents is 1. The number of benzene rings is 2. The number of halogens is 2. The Labute approximate surface area is 150 Å². The van der Waals surface area contributed by atoms with E-state index in [4.69, 9.17) is 11.6 Å². The highest BCUT2D eigenvalue weighted by molar-refractivity contribution is 6.33. The van der Waals surface area contributed by atoms with Gasteiger partial charge in [0.15, 0.2) is 0 Å². The normalized spacial score (nSPS) is 10.7. The lowest BCUT2D eigenvalue weighted by atomic mass is 10.2. The molecule has 132 valence electrons. The molecular weight excluding hydrogens is 367 g/mol. The number of amides is 1. The molecule has 0 spiro atoms. The van der Waals surface area contributed by atoms with Crippen molar-refractivity contribution in [3.63, 3.8) is 0 Å². The van der Waals surface area contributed by atoms with Crippen LogP contribution in [0, 0.1) is 15.9 Å². The number of nitrogens with one attached hydrogen (secondary N) is 1. The van der Waals surface area contributed by atoms with Crippen LogP contribution in [0.25, 0.3) is 10.9 Å². The molecule has 3 aromatic rings. The van der Waals surface area contributed by atoms with Gasteiger partial charge in [-0.05, 0) is 18.2 Å². The van der Waals surface area contributed by atoms with Gasteiger partial charge in [-0.25, -0.2) is 9.37 Å². The first-order valence-electron chi connectivity index (χ1n) is 7.23. The Hall–Kier alpha value is -3.33. The molecule has 10 heteroatoms. The van der Waals surface area contributed by atoms with E-state index < -0.39 is 28.8 Å². The summed E-state index contributed by atoms with van der Waals surface area (Å²) in [5, 5.41) is 13.5. The maximum atomic E-state index is 13.2. The minimum Gasteiger partial charge on any atom is -0.323 e. The van der Waals surface area contributed by atoms with Gasteiger partial charge in [0, 0.05) is 18.2 Å². The molecule has 8 nitrogen and oxygen atoms in total. The minimum absolute atomic E-state index is 0.0507. The molecule has 0 atom stereocenters. The van der Waals surface area contributed by atoms with E-state index in [1.807, 2.05) is 0 Å². The van der Waals surface area contributed by atoms with Gasteiger partial charge in [-0.3, -0.25) is 24.3 Å². The van der Waals surface area contributed by atoms with Crippen LogP contribution in [0.5, 0.6) is 0 Å². The highest BCUT2D eigenvalue weighted by Gasteiger charge is 2.14. The summed E-state index contributed by atoms with van der Waals surface area (Å²) in [6, 6.07) is 7.13. The summed E-state index contributed by atoms with van der Waals surface area (Å²) in [5.74, 6) is -1.15. The number of nitrogens with zero attached hydrogens (tertiary/aromatic N) is 3. The van der Waals surface area contributed by atoms with Crippen molar-refractivity contribution in [1.82, 2.24) is 9.55 Å². The Balaban J connectivity index is 1.85. The largest absolute Gasteiger partial charge is 0.323 e. The third-order valence-electron chi connectivity index (χ3n) is 3.54. The first-order chi connectivity index (χ1) is 12.3. The summed E-state index contributed by atoms with van der Waals surface area (Å²) < 4.78 is 14.2. The first kappa shape index (κ1) is 17.5. The fraction of sp³-hybridized carbons (Fsp3) is 0.0625. The van der Waals surface area contributed by atoms with Crippen LogP contribution in [-0.2, 0) is 11.3 Å². The molecular formula is C16H10ClFN4O4. The second kappa shape index (κ2) is 6.89. The van der Waals surface area contributed by atoms with Crippen molar-refractivity contribution in [1.29, 1.82) is 0 Å². The van der Waals surface area contributed by atoms with E-state index in [9.17, 15) is 24.1 Å². The second-order valence-electron chi connectivity index (χ2n) is 5.31. The fourth-order valence-electron chi connectivity index (χ4n) is 2.31. The van der Waals surface area contributed by atoms with Gasteiger partial charge in [0.1, 0.15) is 12.4 Å². The smallest absolute Gasteiger partial charge is 0.271 e. The van der Waals surface area contributed by atoms with E-state index >= 15 is 0 Å². The number of hydrogen-bond acceptors (Lipinski definition) is 5. The number of carbonyl (C=O) groups is 1. The number of hydrogen-bond donors (Lipinski definition) is 1. The summed E-state index contributed by atoms with van der Waals surface area (Å²) in [4.78, 5) is 38.6. The summed E-state index contributed by atoms with van der Waals surface area (Å²) >= 11 is 5.92. The number of carbonyl (C=O) groups excluding carboxylic acids is 1. The molecule has 0 unspecified atom stereocenters. The van der Waals surface area contributed by atoms with Crippen LogP contribution in [0.3, 0.4) is 0 Å². The van der Waals surface area contributed by atoms with E-state index in [2.05, 4.69) is 10.3 Å². The van der Waals surface area contributed by atoms with Gasteiger partial charge >= 0.3 is 0 Å². The van der Waals surface area contributed by atoms with Crippen molar-refractivity contribution in [2.45, 2.75) is 6.54 Å². The molecule has 0 saturated heterocycles. The number of rotatable bonds is 4. The molecule has 3 rings (SSSR count). The van der Waals surface area contributed by atoms with Gasteiger partial charge in [-0.2, -0.15) is 0 Å². The Morgan fingerprint density at radius 2 is 2.08 bits per heavy atom. The zero-order valence-corrected chi connectivity index (χ0v) is 13.7. The number of aromatic nitrogens is 2. The van der Waals surface area contributed by atoms with Gasteiger partial charge in [0.2, 0.25) is 5.91 Å². The lowest BCUT2D eigenvalue weighted by Crippen LogP contribution is -2.28. The third kappa shape index (κ3) is 3.52. The van der Waals surface area contributed by atoms with Crippen LogP contribution >= 0.6 is 11.6 Å². The fourth-order valence-corrected chi connectivity index (χ4v) is 2.48. The standard InChI is InChI=1S/C16H10ClFN4O4/c17-12-4-2-10(22(25)26)6-14(12)20-15(23)7-21-8-19-13-5-9(18)1-3-11(13)16(21)24/h1-6,8H,7H2,(H,20,23). The van der Waals surface area contributed by atoms with Crippen molar-refractivity contribution < 1.29 is 14.1 Å². The molecule has 1 aromatic heterocycles. The highest BCUT2D eigenvalue weighted by Crippen LogP contribution is 2.26. The maximum Gasteiger partial charge on any atom is 0.271 e. The molecule has 0 bridgehead atoms. The maximum absolute atomic E-state index is 13.2. The van der Waals surface area contributed by atoms with Gasteiger partial charge < -0.3 is 5.32 Å². The molecule has 0 aliphatic rings. The second-order valence-corrected chi connectivity index (χ2v) is 5.72. The lowest BCUT2D eigenvalue weighted by Gasteiger charge is -2.09. The zero-order valence-electron chi connectivity index (χ0n) is 13.0. The first-order valence-corrected chi connectivity index (χ1v) is 7.61. The van der Waals surface area contributed by atoms with Crippen LogP contribution in [0.1, 0.15) is 0 Å². The van der Waals surface area contributed by atoms with Crippen molar-refractivity contribution >= 4 is 39.8 Å². The number of nitro benzene ring substituents is 1. The van der Waals surface area contributed by atoms with Crippen LogP contribution < -0.4 is 10.9 Å². The summed E-state index contributed by atoms with van der Waals surface area (Å²) in [6.07, 6.45) is 1.12. The van der Waals surface area contributed by atoms with E-state index in [1.165, 1.54) is 18.2 Å². The molecule has 0 radical (unpaired) electrons. The Morgan fingerprint density at radius 1 is 1.31 bits per heavy atom. The molecule has 1 N–H and O–H groups in total. The van der Waals surface area contributed by atoms with Crippen LogP contribution in [0.2, 0.25) is 5.02 Å². The van der Waals surface area contributed by atoms with Gasteiger partial charge in [0.05, 0.1) is 32.9 Å². The molecule has 1 heterocycles.